The summed E-state index contributed by atoms with van der Waals surface area (Å²) in [5.74, 6) is -0.00580. The van der Waals surface area contributed by atoms with Gasteiger partial charge in [0, 0.05) is 36.2 Å². The van der Waals surface area contributed by atoms with Gasteiger partial charge in [-0.1, -0.05) is 51.9 Å². The zero-order valence-corrected chi connectivity index (χ0v) is 24.5. The molecule has 3 aliphatic rings. The van der Waals surface area contributed by atoms with Crippen molar-refractivity contribution in [2.24, 2.45) is 5.92 Å². The molecule has 0 unspecified atom stereocenters. The summed E-state index contributed by atoms with van der Waals surface area (Å²) >= 11 is 0. The lowest BCUT2D eigenvalue weighted by Gasteiger charge is -2.42. The number of methoxy groups -OCH3 is 1. The first-order valence-electron chi connectivity index (χ1n) is 15.4. The maximum absolute atomic E-state index is 13.8. The molecule has 3 N–H and O–H groups in total. The molecule has 1 aromatic rings. The molecule has 0 saturated heterocycles. The molecule has 1 saturated carbocycles. The van der Waals surface area contributed by atoms with E-state index in [9.17, 15) is 24.6 Å². The Hall–Kier alpha value is -2.91. The van der Waals surface area contributed by atoms with Crippen molar-refractivity contribution >= 4 is 18.1 Å². The number of rotatable bonds is 14. The molecule has 1 aliphatic heterocycles. The lowest BCUT2D eigenvalue weighted by molar-refractivity contribution is -0.138. The number of nitrogens with zero attached hydrogens (tertiary/aromatic N) is 1. The summed E-state index contributed by atoms with van der Waals surface area (Å²) in [6.45, 7) is 2.53. The number of benzene rings is 1. The van der Waals surface area contributed by atoms with Gasteiger partial charge in [-0.15, -0.1) is 0 Å². The topological polar surface area (TPSA) is 125 Å². The summed E-state index contributed by atoms with van der Waals surface area (Å²) in [7, 11) is 1.48. The van der Waals surface area contributed by atoms with E-state index in [1.54, 1.807) is 23.1 Å². The summed E-state index contributed by atoms with van der Waals surface area (Å²) < 4.78 is 11.8. The molecule has 1 aromatic carbocycles. The Morgan fingerprint density at radius 3 is 2.59 bits per heavy atom. The van der Waals surface area contributed by atoms with Gasteiger partial charge in [0.15, 0.2) is 11.5 Å². The molecule has 0 radical (unpaired) electrons. The molecule has 0 aromatic heterocycles. The Labute approximate surface area is 243 Å². The molecule has 2 amide bonds. The third-order valence-corrected chi connectivity index (χ3v) is 8.76. The van der Waals surface area contributed by atoms with E-state index in [1.165, 1.54) is 13.5 Å². The quantitative estimate of drug-likeness (QED) is 0.229. The number of fused-ring (bicyclic) bond motifs is 3. The summed E-state index contributed by atoms with van der Waals surface area (Å²) in [6.07, 6.45) is 11.5. The number of unbranched alkanes of at least 4 members (excludes halogenated alkanes) is 4. The Morgan fingerprint density at radius 2 is 1.90 bits per heavy atom. The van der Waals surface area contributed by atoms with Crippen molar-refractivity contribution in [1.82, 2.24) is 10.2 Å². The smallest absolute Gasteiger partial charge is 0.247 e. The molecule has 0 bridgehead atoms. The lowest BCUT2D eigenvalue weighted by atomic mass is 9.76. The fourth-order valence-corrected chi connectivity index (χ4v) is 6.62. The van der Waals surface area contributed by atoms with Gasteiger partial charge < -0.3 is 29.9 Å². The highest BCUT2D eigenvalue weighted by atomic mass is 16.5. The fraction of sp³-hybridized carbons (Fsp3) is 0.656. The summed E-state index contributed by atoms with van der Waals surface area (Å²) in [6, 6.07) is 2.48. The number of amides is 2. The number of hydrogen-bond donors (Lipinski definition) is 3. The van der Waals surface area contributed by atoms with Crippen molar-refractivity contribution < 1.29 is 34.1 Å². The number of hydrogen-bond acceptors (Lipinski definition) is 7. The normalized spacial score (nSPS) is 23.6. The maximum Gasteiger partial charge on any atom is 0.247 e. The highest BCUT2D eigenvalue weighted by Gasteiger charge is 2.51. The molecule has 2 aliphatic carbocycles. The van der Waals surface area contributed by atoms with Crippen LogP contribution in [0.2, 0.25) is 0 Å². The maximum atomic E-state index is 13.8. The third kappa shape index (κ3) is 7.12. The van der Waals surface area contributed by atoms with Crippen LogP contribution in [-0.2, 0) is 9.59 Å². The zero-order valence-electron chi connectivity index (χ0n) is 24.5. The van der Waals surface area contributed by atoms with Crippen molar-refractivity contribution in [1.29, 1.82) is 0 Å². The Bertz CT molecular complexity index is 1100. The van der Waals surface area contributed by atoms with Crippen LogP contribution < -0.4 is 14.8 Å². The van der Waals surface area contributed by atoms with Crippen molar-refractivity contribution in [3.8, 4) is 11.5 Å². The van der Waals surface area contributed by atoms with Crippen LogP contribution in [0.15, 0.2) is 23.8 Å². The van der Waals surface area contributed by atoms with Crippen LogP contribution in [0.3, 0.4) is 0 Å². The second kappa shape index (κ2) is 14.8. The van der Waals surface area contributed by atoms with Gasteiger partial charge in [-0.3, -0.25) is 14.4 Å². The second-order valence-corrected chi connectivity index (χ2v) is 11.6. The zero-order chi connectivity index (χ0) is 29.4. The molecular weight excluding hydrogens is 524 g/mol. The highest BCUT2D eigenvalue weighted by molar-refractivity contribution is 5.96. The van der Waals surface area contributed by atoms with Crippen LogP contribution in [0.5, 0.6) is 11.5 Å². The number of ether oxygens (including phenoxy) is 2. The number of aliphatic hydroxyl groups is 2. The number of aldehydes is 1. The largest absolute Gasteiger partial charge is 0.493 e. The first kappa shape index (κ1) is 31.0. The van der Waals surface area contributed by atoms with E-state index in [-0.39, 0.29) is 19.1 Å². The van der Waals surface area contributed by atoms with Crippen LogP contribution in [0.1, 0.15) is 99.4 Å². The van der Waals surface area contributed by atoms with E-state index in [0.717, 1.165) is 57.8 Å². The molecular formula is C32H46N2O7. The number of nitrogens with one attached hydrogen (secondary N) is 1. The van der Waals surface area contributed by atoms with Crippen LogP contribution in [0.4, 0.5) is 0 Å². The van der Waals surface area contributed by atoms with Crippen molar-refractivity contribution in [2.45, 2.75) is 102 Å². The van der Waals surface area contributed by atoms with Gasteiger partial charge in [0.05, 0.1) is 25.7 Å². The van der Waals surface area contributed by atoms with Crippen molar-refractivity contribution in [2.75, 3.05) is 26.8 Å². The Morgan fingerprint density at radius 1 is 1.15 bits per heavy atom. The monoisotopic (exact) mass is 570 g/mol. The van der Waals surface area contributed by atoms with E-state index in [1.807, 2.05) is 0 Å². The molecule has 9 nitrogen and oxygen atoms in total. The number of carbonyl (C=O) groups is 3. The molecule has 1 fully saturated rings. The lowest BCUT2D eigenvalue weighted by Crippen LogP contribution is -2.56. The third-order valence-electron chi connectivity index (χ3n) is 8.76. The molecule has 41 heavy (non-hydrogen) atoms. The predicted molar refractivity (Wildman–Crippen MR) is 155 cm³/mol. The van der Waals surface area contributed by atoms with E-state index >= 15 is 0 Å². The van der Waals surface area contributed by atoms with Gasteiger partial charge in [0.25, 0.3) is 0 Å². The Balaban J connectivity index is 1.70. The average molecular weight is 571 g/mol. The number of carbonyl (C=O) groups excluding carboxylic acids is 3. The molecule has 4 atom stereocenters. The highest BCUT2D eigenvalue weighted by Crippen LogP contribution is 2.51. The molecule has 226 valence electrons. The minimum Gasteiger partial charge on any atom is -0.493 e. The standard InChI is InChI=1S/C32H46N2O7/c1-3-4-5-6-10-13-27(37)34(19-21-11-8-7-9-12-21)25-18-24(32(39)33-14-15-35)28-23-16-22(20-36)17-26(40-2)30(23)41-31(28)29(25)38/h16-18,20-21,25,28-29,31,35,38H,3-15,19H2,1-2H3,(H,33,39)/t25-,28+,29+,31+/m1/s1. The molecule has 1 heterocycles. The van der Waals surface area contributed by atoms with Gasteiger partial charge in [0.2, 0.25) is 11.8 Å². The fourth-order valence-electron chi connectivity index (χ4n) is 6.62. The molecule has 9 heteroatoms. The van der Waals surface area contributed by atoms with Crippen molar-refractivity contribution in [3.63, 3.8) is 0 Å². The number of aliphatic hydroxyl groups excluding tert-OH is 2. The van der Waals surface area contributed by atoms with E-state index < -0.39 is 30.1 Å². The van der Waals surface area contributed by atoms with Gasteiger partial charge >= 0.3 is 0 Å². The van der Waals surface area contributed by atoms with Gasteiger partial charge in [-0.2, -0.15) is 0 Å². The van der Waals surface area contributed by atoms with Crippen LogP contribution in [0, 0.1) is 5.92 Å². The average Bonchev–Trinajstić information content (AvgIpc) is 3.39. The molecule has 4 rings (SSSR count). The second-order valence-electron chi connectivity index (χ2n) is 11.6. The van der Waals surface area contributed by atoms with Crippen LogP contribution in [0.25, 0.3) is 0 Å². The van der Waals surface area contributed by atoms with E-state index in [4.69, 9.17) is 9.47 Å². The SMILES string of the molecule is CCCCCCCC(=O)N(CC1CCCCC1)[C@@H]1C=C(C(=O)NCCO)[C@@H]2c3cc(C=O)cc(OC)c3O[C@@H]2[C@H]1O. The van der Waals surface area contributed by atoms with Crippen molar-refractivity contribution in [3.05, 3.63) is 34.9 Å². The van der Waals surface area contributed by atoms with Gasteiger partial charge in [-0.25, -0.2) is 0 Å². The van der Waals surface area contributed by atoms with E-state index in [2.05, 4.69) is 12.2 Å². The first-order chi connectivity index (χ1) is 19.9. The van der Waals surface area contributed by atoms with Gasteiger partial charge in [0.1, 0.15) is 18.5 Å². The summed E-state index contributed by atoms with van der Waals surface area (Å²) in [5, 5.41) is 23.9. The van der Waals surface area contributed by atoms with Crippen LogP contribution in [-0.4, -0.2) is 78.3 Å². The van der Waals surface area contributed by atoms with Gasteiger partial charge in [-0.05, 0) is 43.4 Å². The Kier molecular flexibility index (Phi) is 11.2. The van der Waals surface area contributed by atoms with E-state index in [0.29, 0.717) is 53.4 Å². The summed E-state index contributed by atoms with van der Waals surface area (Å²) in [5.41, 5.74) is 1.31. The predicted octanol–water partition coefficient (Wildman–Crippen LogP) is 3.90. The minimum atomic E-state index is -1.10. The van der Waals surface area contributed by atoms with Crippen LogP contribution >= 0.6 is 0 Å². The summed E-state index contributed by atoms with van der Waals surface area (Å²) in [4.78, 5) is 40.8. The first-order valence-corrected chi connectivity index (χ1v) is 15.4. The minimum absolute atomic E-state index is 0.0164. The molecule has 0 spiro atoms.